The monoisotopic (exact) mass is 203 g/mol. The molecule has 0 aliphatic carbocycles. The second kappa shape index (κ2) is 9.44. The Bertz CT molecular complexity index is 107. The summed E-state index contributed by atoms with van der Waals surface area (Å²) in [5.74, 6) is 1.27. The normalized spacial score (nSPS) is 11.6. The van der Waals surface area contributed by atoms with Crippen LogP contribution in [-0.4, -0.2) is 39.6 Å². The highest BCUT2D eigenvalue weighted by atomic mass is 16.5. The van der Waals surface area contributed by atoms with E-state index in [-0.39, 0.29) is 6.10 Å². The topological polar surface area (TPSA) is 27.7 Å². The molecule has 0 heterocycles. The lowest BCUT2D eigenvalue weighted by Gasteiger charge is -2.17. The zero-order valence-electron chi connectivity index (χ0n) is 9.84. The van der Waals surface area contributed by atoms with Gasteiger partial charge in [-0.05, 0) is 27.2 Å². The summed E-state index contributed by atoms with van der Waals surface area (Å²) in [7, 11) is 1.71. The minimum Gasteiger partial charge on any atom is -0.385 e. The molecule has 0 aliphatic heterocycles. The lowest BCUT2D eigenvalue weighted by Crippen LogP contribution is -2.18. The van der Waals surface area contributed by atoms with Crippen LogP contribution in [0.2, 0.25) is 0 Å². The number of ether oxygens (including phenoxy) is 3. The molecular weight excluding hydrogens is 180 g/mol. The quantitative estimate of drug-likeness (QED) is 0.574. The summed E-state index contributed by atoms with van der Waals surface area (Å²) in [6.45, 7) is 8.93. The van der Waals surface area contributed by atoms with Crippen LogP contribution in [0.4, 0.5) is 0 Å². The first kappa shape index (κ1) is 13.9. The van der Waals surface area contributed by atoms with Crippen LogP contribution in [0.25, 0.3) is 0 Å². The fourth-order valence-electron chi connectivity index (χ4n) is 0.963. The molecule has 0 aliphatic rings. The summed E-state index contributed by atoms with van der Waals surface area (Å²) in [6.07, 6.45) is 1.19. The van der Waals surface area contributed by atoms with Gasteiger partial charge in [0, 0.05) is 26.2 Å². The van der Waals surface area contributed by atoms with Crippen LogP contribution in [0.3, 0.4) is 0 Å². The molecule has 0 saturated carbocycles. The van der Waals surface area contributed by atoms with Crippen molar-refractivity contribution in [3.8, 4) is 0 Å². The Hall–Kier alpha value is -0.120. The Morgan fingerprint density at radius 2 is 1.93 bits per heavy atom. The predicted molar refractivity (Wildman–Crippen MR) is 57.3 cm³/mol. The van der Waals surface area contributed by atoms with Gasteiger partial charge >= 0.3 is 0 Å². The van der Waals surface area contributed by atoms with Gasteiger partial charge in [0.15, 0.2) is 0 Å². The summed E-state index contributed by atoms with van der Waals surface area (Å²) in [6, 6.07) is 0. The Labute approximate surface area is 87.7 Å². The third kappa shape index (κ3) is 8.48. The summed E-state index contributed by atoms with van der Waals surface area (Å²) >= 11 is 0. The van der Waals surface area contributed by atoms with Crippen molar-refractivity contribution in [3.63, 3.8) is 0 Å². The van der Waals surface area contributed by atoms with Crippen LogP contribution in [0.1, 0.15) is 27.2 Å². The summed E-state index contributed by atoms with van der Waals surface area (Å²) in [5.41, 5.74) is 0. The van der Waals surface area contributed by atoms with Crippen molar-refractivity contribution < 1.29 is 14.2 Å². The van der Waals surface area contributed by atoms with Gasteiger partial charge in [0.2, 0.25) is 0 Å². The van der Waals surface area contributed by atoms with Crippen molar-refractivity contribution >= 4 is 0 Å². The largest absolute Gasteiger partial charge is 0.385 e. The zero-order valence-corrected chi connectivity index (χ0v) is 9.84. The summed E-state index contributed by atoms with van der Waals surface area (Å²) in [5, 5.41) is 0. The molecule has 0 rings (SSSR count). The third-order valence-electron chi connectivity index (χ3n) is 1.79. The van der Waals surface area contributed by atoms with E-state index in [2.05, 4.69) is 0 Å². The highest BCUT2D eigenvalue weighted by molar-refractivity contribution is 4.89. The van der Waals surface area contributed by atoms with Crippen LogP contribution in [0.5, 0.6) is 0 Å². The fraction of sp³-hybridized carbons (Fsp3) is 0.909. The summed E-state index contributed by atoms with van der Waals surface area (Å²) < 4.78 is 15.9. The minimum atomic E-state index is 0.272. The fourth-order valence-corrected chi connectivity index (χ4v) is 0.963. The van der Waals surface area contributed by atoms with E-state index < -0.39 is 0 Å². The van der Waals surface area contributed by atoms with Crippen molar-refractivity contribution in [1.29, 1.82) is 0 Å². The lowest BCUT2D eigenvalue weighted by molar-refractivity contribution is 0.0591. The van der Waals surface area contributed by atoms with Gasteiger partial charge in [0.25, 0.3) is 0 Å². The van der Waals surface area contributed by atoms with Gasteiger partial charge in [-0.3, -0.25) is 0 Å². The molecule has 1 radical (unpaired) electrons. The zero-order chi connectivity index (χ0) is 10.8. The molecule has 0 spiro atoms. The van der Waals surface area contributed by atoms with Crippen molar-refractivity contribution in [3.05, 3.63) is 5.92 Å². The molecule has 0 fully saturated rings. The number of hydrogen-bond acceptors (Lipinski definition) is 3. The van der Waals surface area contributed by atoms with Crippen LogP contribution >= 0.6 is 0 Å². The minimum absolute atomic E-state index is 0.272. The molecule has 0 unspecified atom stereocenters. The maximum Gasteiger partial charge on any atom is 0.0555 e. The van der Waals surface area contributed by atoms with Crippen molar-refractivity contribution in [2.75, 3.05) is 33.5 Å². The smallest absolute Gasteiger partial charge is 0.0555 e. The van der Waals surface area contributed by atoms with Gasteiger partial charge in [0.1, 0.15) is 0 Å². The predicted octanol–water partition coefficient (Wildman–Crippen LogP) is 2.06. The Morgan fingerprint density at radius 3 is 2.43 bits per heavy atom. The highest BCUT2D eigenvalue weighted by Crippen LogP contribution is 2.09. The molecule has 0 N–H and O–H groups in total. The maximum atomic E-state index is 5.53. The third-order valence-corrected chi connectivity index (χ3v) is 1.79. The Kier molecular flexibility index (Phi) is 9.35. The molecule has 0 amide bonds. The maximum absolute atomic E-state index is 5.53. The standard InChI is InChI=1S/C11H23O3/c1-5-13-8-11(6-7-12-4)9-14-10(2)3/h10H,5-9H2,1-4H3. The van der Waals surface area contributed by atoms with E-state index >= 15 is 0 Å². The van der Waals surface area contributed by atoms with E-state index in [9.17, 15) is 0 Å². The number of hydrogen-bond donors (Lipinski definition) is 0. The highest BCUT2D eigenvalue weighted by Gasteiger charge is 2.10. The average Bonchev–Trinajstić information content (AvgIpc) is 2.16. The van der Waals surface area contributed by atoms with Gasteiger partial charge in [-0.2, -0.15) is 0 Å². The molecule has 14 heavy (non-hydrogen) atoms. The van der Waals surface area contributed by atoms with Crippen molar-refractivity contribution in [2.45, 2.75) is 33.3 Å². The van der Waals surface area contributed by atoms with Gasteiger partial charge in [-0.25, -0.2) is 0 Å². The van der Waals surface area contributed by atoms with E-state index in [4.69, 9.17) is 14.2 Å². The van der Waals surface area contributed by atoms with Crippen LogP contribution in [0.15, 0.2) is 0 Å². The van der Waals surface area contributed by atoms with E-state index in [1.165, 1.54) is 5.92 Å². The molecule has 3 heteroatoms. The molecular formula is C11H23O3. The van der Waals surface area contributed by atoms with Crippen molar-refractivity contribution in [1.82, 2.24) is 0 Å². The van der Waals surface area contributed by atoms with E-state index in [1.54, 1.807) is 7.11 Å². The van der Waals surface area contributed by atoms with E-state index in [0.29, 0.717) is 13.2 Å². The SMILES string of the molecule is CCOC[C](CCOC)COC(C)C. The molecule has 0 aromatic carbocycles. The van der Waals surface area contributed by atoms with Gasteiger partial charge in [-0.15, -0.1) is 0 Å². The second-order valence-electron chi connectivity index (χ2n) is 3.49. The van der Waals surface area contributed by atoms with Crippen LogP contribution in [0, 0.1) is 5.92 Å². The Morgan fingerprint density at radius 1 is 1.21 bits per heavy atom. The first-order valence-electron chi connectivity index (χ1n) is 5.22. The van der Waals surface area contributed by atoms with Crippen molar-refractivity contribution in [2.24, 2.45) is 0 Å². The first-order valence-corrected chi connectivity index (χ1v) is 5.22. The molecule has 0 bridgehead atoms. The van der Waals surface area contributed by atoms with Gasteiger partial charge in [-0.1, -0.05) is 0 Å². The molecule has 0 saturated heterocycles. The average molecular weight is 203 g/mol. The molecule has 85 valence electrons. The Balaban J connectivity index is 3.60. The number of rotatable bonds is 9. The van der Waals surface area contributed by atoms with Crippen LogP contribution < -0.4 is 0 Å². The van der Waals surface area contributed by atoms with Crippen LogP contribution in [-0.2, 0) is 14.2 Å². The first-order chi connectivity index (χ1) is 6.70. The summed E-state index contributed by atoms with van der Waals surface area (Å²) in [4.78, 5) is 0. The molecule has 0 atom stereocenters. The molecule has 0 aromatic heterocycles. The van der Waals surface area contributed by atoms with E-state index in [1.807, 2.05) is 20.8 Å². The van der Waals surface area contributed by atoms with Gasteiger partial charge < -0.3 is 14.2 Å². The molecule has 3 nitrogen and oxygen atoms in total. The van der Waals surface area contributed by atoms with Gasteiger partial charge in [0.05, 0.1) is 19.3 Å². The molecule has 0 aromatic rings. The van der Waals surface area contributed by atoms with E-state index in [0.717, 1.165) is 19.6 Å². The lowest BCUT2D eigenvalue weighted by atomic mass is 10.1. The second-order valence-corrected chi connectivity index (χ2v) is 3.49. The number of methoxy groups -OCH3 is 1.